The van der Waals surface area contributed by atoms with E-state index in [2.05, 4.69) is 5.32 Å². The third kappa shape index (κ3) is 4.98. The summed E-state index contributed by atoms with van der Waals surface area (Å²) in [5.74, 6) is -2.48. The smallest absolute Gasteiger partial charge is 0.347 e. The standard InChI is InChI=1S/C21H19FN2O5/c1-24(11-14-7-5-6-10-16(14)22)18(26)13-29-21(27)19-17(25)12-28-20(19)23-15-8-3-2-4-9-15/h2-10,23H,11-13H2,1H3. The minimum Gasteiger partial charge on any atom is -0.470 e. The van der Waals surface area contributed by atoms with E-state index in [1.54, 1.807) is 42.5 Å². The number of nitrogens with one attached hydrogen (secondary N) is 1. The van der Waals surface area contributed by atoms with Crippen molar-refractivity contribution in [2.24, 2.45) is 0 Å². The van der Waals surface area contributed by atoms with E-state index in [9.17, 15) is 18.8 Å². The van der Waals surface area contributed by atoms with Crippen LogP contribution in [0.1, 0.15) is 5.56 Å². The van der Waals surface area contributed by atoms with Crippen LogP contribution in [0, 0.1) is 5.82 Å². The molecule has 0 aromatic heterocycles. The first-order valence-electron chi connectivity index (χ1n) is 8.82. The van der Waals surface area contributed by atoms with Crippen LogP contribution in [0.3, 0.4) is 0 Å². The third-order valence-corrected chi connectivity index (χ3v) is 4.21. The number of benzene rings is 2. The number of rotatable bonds is 7. The lowest BCUT2D eigenvalue weighted by atomic mass is 10.2. The molecular weight excluding hydrogens is 379 g/mol. The van der Waals surface area contributed by atoms with Crippen LogP contribution in [-0.4, -0.2) is 42.8 Å². The van der Waals surface area contributed by atoms with Gasteiger partial charge in [0.25, 0.3) is 5.91 Å². The Morgan fingerprint density at radius 3 is 2.55 bits per heavy atom. The number of halogens is 1. The number of carbonyl (C=O) groups is 3. The molecule has 0 aliphatic carbocycles. The number of para-hydroxylation sites is 1. The van der Waals surface area contributed by atoms with Gasteiger partial charge in [-0.25, -0.2) is 9.18 Å². The minimum atomic E-state index is -0.960. The molecule has 0 fully saturated rings. The highest BCUT2D eigenvalue weighted by Gasteiger charge is 2.33. The van der Waals surface area contributed by atoms with Crippen molar-refractivity contribution in [3.05, 3.63) is 77.4 Å². The fraction of sp³-hybridized carbons (Fsp3) is 0.190. The SMILES string of the molecule is CN(Cc1ccccc1F)C(=O)COC(=O)C1=C(Nc2ccccc2)OCC1=O. The zero-order chi connectivity index (χ0) is 20.8. The number of carbonyl (C=O) groups excluding carboxylic acids is 3. The number of hydrogen-bond acceptors (Lipinski definition) is 6. The molecule has 3 rings (SSSR count). The van der Waals surface area contributed by atoms with Crippen LogP contribution in [0.15, 0.2) is 66.1 Å². The molecule has 2 aromatic carbocycles. The van der Waals surface area contributed by atoms with Crippen molar-refractivity contribution < 1.29 is 28.2 Å². The maximum atomic E-state index is 13.7. The number of ether oxygens (including phenoxy) is 2. The van der Waals surface area contributed by atoms with E-state index in [1.165, 1.54) is 18.0 Å². The second-order valence-electron chi connectivity index (χ2n) is 6.32. The summed E-state index contributed by atoms with van der Waals surface area (Å²) in [5.41, 5.74) is 0.688. The molecule has 7 nitrogen and oxygen atoms in total. The summed E-state index contributed by atoms with van der Waals surface area (Å²) in [6.45, 7) is -0.853. The Hall–Kier alpha value is -3.68. The molecule has 0 saturated heterocycles. The summed E-state index contributed by atoms with van der Waals surface area (Å²) in [5, 5.41) is 2.85. The first-order chi connectivity index (χ1) is 14.0. The quantitative estimate of drug-likeness (QED) is 0.569. The predicted octanol–water partition coefficient (Wildman–Crippen LogP) is 2.25. The highest BCUT2D eigenvalue weighted by atomic mass is 19.1. The van der Waals surface area contributed by atoms with Gasteiger partial charge in [0.1, 0.15) is 5.82 Å². The number of anilines is 1. The van der Waals surface area contributed by atoms with Crippen molar-refractivity contribution in [1.29, 1.82) is 0 Å². The van der Waals surface area contributed by atoms with E-state index in [1.807, 2.05) is 6.07 Å². The highest BCUT2D eigenvalue weighted by Crippen LogP contribution is 2.20. The number of ketones is 1. The van der Waals surface area contributed by atoms with Gasteiger partial charge in [-0.3, -0.25) is 9.59 Å². The Morgan fingerprint density at radius 2 is 1.83 bits per heavy atom. The number of nitrogens with zero attached hydrogens (tertiary/aromatic N) is 1. The van der Waals surface area contributed by atoms with Crippen molar-refractivity contribution in [3.8, 4) is 0 Å². The van der Waals surface area contributed by atoms with E-state index in [-0.39, 0.29) is 24.6 Å². The van der Waals surface area contributed by atoms with Crippen LogP contribution >= 0.6 is 0 Å². The number of Topliss-reactive ketones (excluding diaryl/α,β-unsaturated/α-hetero) is 1. The number of likely N-dealkylation sites (N-methyl/N-ethyl adjacent to an activating group) is 1. The molecule has 0 unspecified atom stereocenters. The monoisotopic (exact) mass is 398 g/mol. The maximum Gasteiger partial charge on any atom is 0.347 e. The Labute approximate surface area is 166 Å². The van der Waals surface area contributed by atoms with Crippen LogP contribution in [0.2, 0.25) is 0 Å². The zero-order valence-electron chi connectivity index (χ0n) is 15.7. The van der Waals surface area contributed by atoms with Gasteiger partial charge in [0.05, 0.1) is 0 Å². The molecule has 0 radical (unpaired) electrons. The lowest BCUT2D eigenvalue weighted by Crippen LogP contribution is -2.31. The molecule has 0 saturated carbocycles. The lowest BCUT2D eigenvalue weighted by molar-refractivity contribution is -0.149. The first-order valence-corrected chi connectivity index (χ1v) is 8.82. The normalized spacial score (nSPS) is 13.1. The van der Waals surface area contributed by atoms with Crippen molar-refractivity contribution in [2.45, 2.75) is 6.54 Å². The van der Waals surface area contributed by atoms with Crippen molar-refractivity contribution in [1.82, 2.24) is 4.90 Å². The lowest BCUT2D eigenvalue weighted by Gasteiger charge is -2.17. The Balaban J connectivity index is 1.61. The number of esters is 1. The van der Waals surface area contributed by atoms with Gasteiger partial charge in [0.15, 0.2) is 18.8 Å². The molecule has 8 heteroatoms. The van der Waals surface area contributed by atoms with E-state index >= 15 is 0 Å². The van der Waals surface area contributed by atoms with Crippen LogP contribution in [0.5, 0.6) is 0 Å². The van der Waals surface area contributed by atoms with Crippen molar-refractivity contribution in [3.63, 3.8) is 0 Å². The largest absolute Gasteiger partial charge is 0.470 e. The van der Waals surface area contributed by atoms with Gasteiger partial charge in [-0.05, 0) is 18.2 Å². The summed E-state index contributed by atoms with van der Waals surface area (Å²) in [7, 11) is 1.47. The highest BCUT2D eigenvalue weighted by molar-refractivity contribution is 6.20. The van der Waals surface area contributed by atoms with Gasteiger partial charge in [-0.15, -0.1) is 0 Å². The Morgan fingerprint density at radius 1 is 1.14 bits per heavy atom. The van der Waals surface area contributed by atoms with E-state index in [0.29, 0.717) is 11.3 Å². The average Bonchev–Trinajstić information content (AvgIpc) is 3.08. The van der Waals surface area contributed by atoms with Gasteiger partial charge in [-0.1, -0.05) is 36.4 Å². The summed E-state index contributed by atoms with van der Waals surface area (Å²) in [4.78, 5) is 37.8. The summed E-state index contributed by atoms with van der Waals surface area (Å²) >= 11 is 0. The predicted molar refractivity (Wildman–Crippen MR) is 102 cm³/mol. The topological polar surface area (TPSA) is 84.9 Å². The van der Waals surface area contributed by atoms with E-state index in [0.717, 1.165) is 0 Å². The summed E-state index contributed by atoms with van der Waals surface area (Å²) in [6, 6.07) is 14.9. The Bertz CT molecular complexity index is 959. The molecule has 0 bridgehead atoms. The van der Waals surface area contributed by atoms with Gasteiger partial charge >= 0.3 is 5.97 Å². The second kappa shape index (κ2) is 9.01. The van der Waals surface area contributed by atoms with Crippen molar-refractivity contribution >= 4 is 23.3 Å². The van der Waals surface area contributed by atoms with Gasteiger partial charge < -0.3 is 19.7 Å². The summed E-state index contributed by atoms with van der Waals surface area (Å²) < 4.78 is 23.9. The molecule has 0 spiro atoms. The average molecular weight is 398 g/mol. The molecular formula is C21H19FN2O5. The first kappa shape index (κ1) is 20.1. The zero-order valence-corrected chi connectivity index (χ0v) is 15.7. The van der Waals surface area contributed by atoms with Gasteiger partial charge in [0.2, 0.25) is 11.7 Å². The van der Waals surface area contributed by atoms with Gasteiger partial charge in [-0.2, -0.15) is 0 Å². The molecule has 1 amide bonds. The van der Waals surface area contributed by atoms with E-state index in [4.69, 9.17) is 9.47 Å². The molecule has 29 heavy (non-hydrogen) atoms. The van der Waals surface area contributed by atoms with Gasteiger partial charge in [0, 0.05) is 24.8 Å². The van der Waals surface area contributed by atoms with Crippen LogP contribution in [-0.2, 0) is 30.4 Å². The molecule has 1 aliphatic rings. The van der Waals surface area contributed by atoms with Crippen molar-refractivity contribution in [2.75, 3.05) is 25.6 Å². The second-order valence-corrected chi connectivity index (χ2v) is 6.32. The summed E-state index contributed by atoms with van der Waals surface area (Å²) in [6.07, 6.45) is 0. The van der Waals surface area contributed by atoms with Crippen LogP contribution < -0.4 is 5.32 Å². The maximum absolute atomic E-state index is 13.7. The molecule has 2 aromatic rings. The molecule has 0 atom stereocenters. The fourth-order valence-electron chi connectivity index (χ4n) is 2.65. The minimum absolute atomic E-state index is 0.0154. The molecule has 1 heterocycles. The molecule has 150 valence electrons. The third-order valence-electron chi connectivity index (χ3n) is 4.21. The van der Waals surface area contributed by atoms with Crippen LogP contribution in [0.25, 0.3) is 0 Å². The number of amides is 1. The number of hydrogen-bond donors (Lipinski definition) is 1. The fourth-order valence-corrected chi connectivity index (χ4v) is 2.65. The molecule has 1 N–H and O–H groups in total. The van der Waals surface area contributed by atoms with E-state index < -0.39 is 30.1 Å². The Kier molecular flexibility index (Phi) is 6.23. The van der Waals surface area contributed by atoms with Crippen LogP contribution in [0.4, 0.5) is 10.1 Å². The molecule has 1 aliphatic heterocycles.